The summed E-state index contributed by atoms with van der Waals surface area (Å²) in [5.74, 6) is 0.654. The highest BCUT2D eigenvalue weighted by atomic mass is 16.6. The van der Waals surface area contributed by atoms with Crippen LogP contribution in [-0.2, 0) is 11.3 Å². The second-order valence-electron chi connectivity index (χ2n) is 3.15. The van der Waals surface area contributed by atoms with Crippen molar-refractivity contribution in [1.29, 1.82) is 0 Å². The van der Waals surface area contributed by atoms with Crippen LogP contribution >= 0.6 is 0 Å². The minimum atomic E-state index is 0.654. The minimum Gasteiger partial charge on any atom is -0.305 e. The summed E-state index contributed by atoms with van der Waals surface area (Å²) < 4.78 is 0. The van der Waals surface area contributed by atoms with Gasteiger partial charge < -0.3 is 4.84 Å². The molecule has 0 spiro atoms. The van der Waals surface area contributed by atoms with Crippen molar-refractivity contribution in [1.82, 2.24) is 5.48 Å². The molecule has 1 aromatic carbocycles. The number of nitrogens with one attached hydrogen (secondary N) is 1. The summed E-state index contributed by atoms with van der Waals surface area (Å²) in [6, 6.07) is 8.58. The predicted molar refractivity (Wildman–Crippen MR) is 47.9 cm³/mol. The number of rotatable bonds is 3. The Balaban J connectivity index is 2.00. The summed E-state index contributed by atoms with van der Waals surface area (Å²) in [6.45, 7) is 0.924. The third kappa shape index (κ3) is 1.24. The van der Waals surface area contributed by atoms with Gasteiger partial charge in [-0.3, -0.25) is 0 Å². The van der Waals surface area contributed by atoms with Gasteiger partial charge in [0.25, 0.3) is 0 Å². The molecule has 0 aromatic heterocycles. The molecule has 0 fully saturated rings. The Labute approximate surface area is 72.5 Å². The molecule has 0 amide bonds. The highest BCUT2D eigenvalue weighted by molar-refractivity contribution is 5.39. The van der Waals surface area contributed by atoms with Crippen molar-refractivity contribution in [2.45, 2.75) is 12.3 Å². The van der Waals surface area contributed by atoms with Gasteiger partial charge in [0.15, 0.2) is 0 Å². The Morgan fingerprint density at radius 1 is 1.50 bits per heavy atom. The monoisotopic (exact) mass is 163 g/mol. The van der Waals surface area contributed by atoms with Gasteiger partial charge in [0, 0.05) is 12.5 Å². The van der Waals surface area contributed by atoms with E-state index >= 15 is 0 Å². The molecule has 1 aromatic rings. The molecule has 0 heterocycles. The van der Waals surface area contributed by atoms with Crippen LogP contribution in [0.25, 0.3) is 0 Å². The quantitative estimate of drug-likeness (QED) is 0.681. The van der Waals surface area contributed by atoms with Crippen molar-refractivity contribution in [2.24, 2.45) is 0 Å². The normalized spacial score (nSPS) is 19.9. The van der Waals surface area contributed by atoms with Crippen LogP contribution in [0.4, 0.5) is 0 Å². The molecule has 1 N–H and O–H groups in total. The van der Waals surface area contributed by atoms with Gasteiger partial charge in [0.1, 0.15) is 0 Å². The van der Waals surface area contributed by atoms with Gasteiger partial charge in [-0.05, 0) is 17.5 Å². The molecule has 2 rings (SSSR count). The van der Waals surface area contributed by atoms with Crippen LogP contribution in [0.1, 0.15) is 17.0 Å². The van der Waals surface area contributed by atoms with E-state index in [0.29, 0.717) is 5.92 Å². The molecule has 1 aliphatic rings. The van der Waals surface area contributed by atoms with Gasteiger partial charge >= 0.3 is 0 Å². The van der Waals surface area contributed by atoms with E-state index in [-0.39, 0.29) is 0 Å². The maximum absolute atomic E-state index is 4.81. The Morgan fingerprint density at radius 2 is 2.33 bits per heavy atom. The van der Waals surface area contributed by atoms with E-state index in [1.165, 1.54) is 17.5 Å². The lowest BCUT2D eigenvalue weighted by atomic mass is 9.78. The Hall–Kier alpha value is -0.860. The van der Waals surface area contributed by atoms with Gasteiger partial charge in [-0.15, -0.1) is 0 Å². The SMILES string of the molecule is CONCC1Cc2ccccc21. The lowest BCUT2D eigenvalue weighted by molar-refractivity contribution is 0.0852. The standard InChI is InChI=1S/C10H13NO/c1-12-11-7-9-6-8-4-2-3-5-10(8)9/h2-5,9,11H,6-7H2,1H3. The molecule has 0 saturated heterocycles. The van der Waals surface area contributed by atoms with Crippen LogP contribution in [0.2, 0.25) is 0 Å². The van der Waals surface area contributed by atoms with Crippen molar-refractivity contribution in [2.75, 3.05) is 13.7 Å². The molecule has 12 heavy (non-hydrogen) atoms. The molecule has 1 unspecified atom stereocenters. The molecule has 0 radical (unpaired) electrons. The summed E-state index contributed by atoms with van der Waals surface area (Å²) in [5.41, 5.74) is 5.85. The molecule has 1 aliphatic carbocycles. The van der Waals surface area contributed by atoms with Crippen molar-refractivity contribution >= 4 is 0 Å². The second-order valence-corrected chi connectivity index (χ2v) is 3.15. The van der Waals surface area contributed by atoms with Gasteiger partial charge in [-0.2, -0.15) is 0 Å². The van der Waals surface area contributed by atoms with Crippen LogP contribution in [-0.4, -0.2) is 13.7 Å². The van der Waals surface area contributed by atoms with Crippen molar-refractivity contribution in [3.8, 4) is 0 Å². The molecule has 1 atom stereocenters. The van der Waals surface area contributed by atoms with E-state index in [1.807, 2.05) is 0 Å². The van der Waals surface area contributed by atoms with Gasteiger partial charge in [0.2, 0.25) is 0 Å². The minimum absolute atomic E-state index is 0.654. The van der Waals surface area contributed by atoms with Gasteiger partial charge in [-0.1, -0.05) is 24.3 Å². The Morgan fingerprint density at radius 3 is 3.08 bits per heavy atom. The summed E-state index contributed by atoms with van der Waals surface area (Å²) in [7, 11) is 1.66. The molecule has 0 aliphatic heterocycles. The molecule has 2 heteroatoms. The summed E-state index contributed by atoms with van der Waals surface area (Å²) in [5, 5.41) is 0. The average Bonchev–Trinajstić information content (AvgIpc) is 2.07. The highest BCUT2D eigenvalue weighted by Gasteiger charge is 2.24. The van der Waals surface area contributed by atoms with Crippen LogP contribution in [0.5, 0.6) is 0 Å². The topological polar surface area (TPSA) is 21.3 Å². The number of benzene rings is 1. The molecule has 64 valence electrons. The van der Waals surface area contributed by atoms with Crippen molar-refractivity contribution in [3.63, 3.8) is 0 Å². The molecular weight excluding hydrogens is 150 g/mol. The lowest BCUT2D eigenvalue weighted by Gasteiger charge is -2.29. The number of hydrogen-bond donors (Lipinski definition) is 1. The zero-order valence-electron chi connectivity index (χ0n) is 7.21. The molecule has 0 bridgehead atoms. The Kier molecular flexibility index (Phi) is 2.11. The molecular formula is C10H13NO. The third-order valence-corrected chi connectivity index (χ3v) is 2.44. The fraction of sp³-hybridized carbons (Fsp3) is 0.400. The van der Waals surface area contributed by atoms with Gasteiger partial charge in [0.05, 0.1) is 7.11 Å². The fourth-order valence-electron chi connectivity index (χ4n) is 1.73. The summed E-state index contributed by atoms with van der Waals surface area (Å²) >= 11 is 0. The number of hydroxylamine groups is 1. The van der Waals surface area contributed by atoms with Gasteiger partial charge in [-0.25, -0.2) is 5.48 Å². The first-order valence-corrected chi connectivity index (χ1v) is 4.25. The van der Waals surface area contributed by atoms with Crippen LogP contribution in [0.15, 0.2) is 24.3 Å². The summed E-state index contributed by atoms with van der Waals surface area (Å²) in [6.07, 6.45) is 1.19. The molecule has 0 saturated carbocycles. The van der Waals surface area contributed by atoms with E-state index < -0.39 is 0 Å². The van der Waals surface area contributed by atoms with E-state index in [2.05, 4.69) is 29.7 Å². The van der Waals surface area contributed by atoms with Crippen molar-refractivity contribution in [3.05, 3.63) is 35.4 Å². The predicted octanol–water partition coefficient (Wildman–Crippen LogP) is 1.48. The summed E-state index contributed by atoms with van der Waals surface area (Å²) in [4.78, 5) is 4.81. The van der Waals surface area contributed by atoms with E-state index in [1.54, 1.807) is 7.11 Å². The maximum atomic E-state index is 4.81. The first kappa shape index (κ1) is 7.77. The zero-order valence-corrected chi connectivity index (χ0v) is 7.21. The lowest BCUT2D eigenvalue weighted by Crippen LogP contribution is -2.28. The first-order chi connectivity index (χ1) is 5.92. The highest BCUT2D eigenvalue weighted by Crippen LogP contribution is 2.33. The zero-order chi connectivity index (χ0) is 8.39. The van der Waals surface area contributed by atoms with E-state index in [4.69, 9.17) is 4.84 Å². The smallest absolute Gasteiger partial charge is 0.0572 e. The molecule has 2 nitrogen and oxygen atoms in total. The van der Waals surface area contributed by atoms with Crippen molar-refractivity contribution < 1.29 is 4.84 Å². The van der Waals surface area contributed by atoms with E-state index in [0.717, 1.165) is 6.54 Å². The first-order valence-electron chi connectivity index (χ1n) is 4.25. The third-order valence-electron chi connectivity index (χ3n) is 2.44. The van der Waals surface area contributed by atoms with Crippen LogP contribution in [0.3, 0.4) is 0 Å². The Bertz CT molecular complexity index is 272. The number of hydrogen-bond acceptors (Lipinski definition) is 2. The largest absolute Gasteiger partial charge is 0.305 e. The van der Waals surface area contributed by atoms with Crippen LogP contribution < -0.4 is 5.48 Å². The van der Waals surface area contributed by atoms with Crippen LogP contribution in [0, 0.1) is 0 Å². The average molecular weight is 163 g/mol. The second kappa shape index (κ2) is 3.25. The fourth-order valence-corrected chi connectivity index (χ4v) is 1.73. The maximum Gasteiger partial charge on any atom is 0.0572 e. The van der Waals surface area contributed by atoms with E-state index in [9.17, 15) is 0 Å². The number of fused-ring (bicyclic) bond motifs is 1.